The van der Waals surface area contributed by atoms with Gasteiger partial charge < -0.3 is 15.2 Å². The van der Waals surface area contributed by atoms with E-state index in [0.29, 0.717) is 43.0 Å². The Morgan fingerprint density at radius 3 is 2.81 bits per heavy atom. The molecule has 2 aromatic heterocycles. The lowest BCUT2D eigenvalue weighted by Gasteiger charge is -2.40. The molecular formula is C27H36FIN6O. The molecule has 0 radical (unpaired) electrons. The number of amides is 1. The highest BCUT2D eigenvalue weighted by Gasteiger charge is 2.31. The second-order valence-electron chi connectivity index (χ2n) is 10.1. The van der Waals surface area contributed by atoms with Crippen LogP contribution in [-0.2, 0) is 17.9 Å². The highest BCUT2D eigenvalue weighted by molar-refractivity contribution is 14.1. The molecule has 3 aromatic rings. The summed E-state index contributed by atoms with van der Waals surface area (Å²) in [6.45, 7) is 10.8. The molecule has 0 aliphatic carbocycles. The lowest BCUT2D eigenvalue weighted by molar-refractivity contribution is -0.119. The number of halogens is 2. The van der Waals surface area contributed by atoms with Crippen molar-refractivity contribution in [2.45, 2.75) is 46.7 Å². The lowest BCUT2D eigenvalue weighted by atomic mass is 9.77. The molecule has 1 amide bonds. The molecule has 1 aliphatic rings. The number of hydrogen-bond donors (Lipinski definition) is 1. The van der Waals surface area contributed by atoms with Gasteiger partial charge in [-0.05, 0) is 84.9 Å². The number of fused-ring (bicyclic) bond motifs is 1. The first-order chi connectivity index (χ1) is 17.3. The zero-order valence-corrected chi connectivity index (χ0v) is 23.5. The van der Waals surface area contributed by atoms with Crippen molar-refractivity contribution in [1.29, 1.82) is 0 Å². The Morgan fingerprint density at radius 1 is 1.31 bits per heavy atom. The van der Waals surface area contributed by atoms with Crippen molar-refractivity contribution < 1.29 is 9.18 Å². The van der Waals surface area contributed by atoms with Crippen LogP contribution in [-0.4, -0.2) is 51.5 Å². The van der Waals surface area contributed by atoms with E-state index in [1.54, 1.807) is 12.4 Å². The summed E-state index contributed by atoms with van der Waals surface area (Å²) in [6, 6.07) is 7.43. The minimum absolute atomic E-state index is 0.190. The summed E-state index contributed by atoms with van der Waals surface area (Å²) in [4.78, 5) is 24.9. The molecule has 0 bridgehead atoms. The van der Waals surface area contributed by atoms with Crippen molar-refractivity contribution in [3.63, 3.8) is 0 Å². The molecule has 1 aliphatic heterocycles. The van der Waals surface area contributed by atoms with Gasteiger partial charge in [0.25, 0.3) is 0 Å². The Kier molecular flexibility index (Phi) is 8.82. The first-order valence-corrected chi connectivity index (χ1v) is 13.8. The average molecular weight is 607 g/mol. The van der Waals surface area contributed by atoms with Crippen molar-refractivity contribution in [2.75, 3.05) is 31.1 Å². The first kappa shape index (κ1) is 26.8. The standard InChI is InChI=1S/C27H36FIN6O/c1-4-34(14-20-5-6-21(29)13-24(20)28)26-22-9-12-35(27(22)32-17-31-26)11-8-19-7-10-33(16-25(30)36)15-23(19)18(2)3/h5-6,9,12-13,17-19,23H,4,7-8,10-11,14-16H2,1-3H3,(H2,30,36)/t19-,23-/m0/s1. The Labute approximate surface area is 226 Å². The van der Waals surface area contributed by atoms with Crippen molar-refractivity contribution in [3.8, 4) is 0 Å². The number of benzene rings is 1. The number of rotatable bonds is 10. The van der Waals surface area contributed by atoms with Gasteiger partial charge in [0.15, 0.2) is 0 Å². The molecule has 1 fully saturated rings. The van der Waals surface area contributed by atoms with Crippen LogP contribution in [0.2, 0.25) is 0 Å². The van der Waals surface area contributed by atoms with Crippen LogP contribution in [0.1, 0.15) is 39.2 Å². The number of nitrogens with two attached hydrogens (primary N) is 1. The number of carbonyl (C=O) groups excluding carboxylic acids is 1. The summed E-state index contributed by atoms with van der Waals surface area (Å²) in [5.74, 6) is 2.05. The topological polar surface area (TPSA) is 80.3 Å². The van der Waals surface area contributed by atoms with Gasteiger partial charge in [0.2, 0.25) is 5.91 Å². The molecule has 0 unspecified atom stereocenters. The maximum absolute atomic E-state index is 14.5. The summed E-state index contributed by atoms with van der Waals surface area (Å²) < 4.78 is 17.6. The molecule has 7 nitrogen and oxygen atoms in total. The van der Waals surface area contributed by atoms with E-state index in [9.17, 15) is 9.18 Å². The largest absolute Gasteiger partial charge is 0.369 e. The Hall–Kier alpha value is -2.27. The average Bonchev–Trinajstić information content (AvgIpc) is 3.26. The number of primary amides is 1. The predicted molar refractivity (Wildman–Crippen MR) is 150 cm³/mol. The number of hydrogen-bond acceptors (Lipinski definition) is 5. The molecule has 1 saturated heterocycles. The number of aromatic nitrogens is 3. The van der Waals surface area contributed by atoms with Crippen LogP contribution in [0.4, 0.5) is 10.2 Å². The maximum atomic E-state index is 14.5. The summed E-state index contributed by atoms with van der Waals surface area (Å²) in [7, 11) is 0. The highest BCUT2D eigenvalue weighted by Crippen LogP contribution is 2.33. The molecule has 36 heavy (non-hydrogen) atoms. The zero-order chi connectivity index (χ0) is 25.8. The van der Waals surface area contributed by atoms with Gasteiger partial charge >= 0.3 is 0 Å². The van der Waals surface area contributed by atoms with Crippen LogP contribution in [0.5, 0.6) is 0 Å². The monoisotopic (exact) mass is 606 g/mol. The van der Waals surface area contributed by atoms with Gasteiger partial charge in [-0.2, -0.15) is 0 Å². The molecule has 3 heterocycles. The number of piperidine rings is 1. The second kappa shape index (κ2) is 11.9. The van der Waals surface area contributed by atoms with Crippen LogP contribution in [0.15, 0.2) is 36.8 Å². The fourth-order valence-corrected chi connectivity index (χ4v) is 5.95. The first-order valence-electron chi connectivity index (χ1n) is 12.8. The van der Waals surface area contributed by atoms with Crippen molar-refractivity contribution in [1.82, 2.24) is 19.4 Å². The third-order valence-electron chi connectivity index (χ3n) is 7.46. The molecule has 0 saturated carbocycles. The molecule has 9 heteroatoms. The smallest absolute Gasteiger partial charge is 0.231 e. The molecule has 2 atom stereocenters. The molecule has 194 valence electrons. The van der Waals surface area contributed by atoms with Gasteiger partial charge in [0.05, 0.1) is 11.9 Å². The predicted octanol–water partition coefficient (Wildman–Crippen LogP) is 4.67. The normalized spacial score (nSPS) is 18.7. The molecule has 0 spiro atoms. The third-order valence-corrected chi connectivity index (χ3v) is 8.13. The SMILES string of the molecule is CCN(Cc1ccc(I)cc1F)c1ncnc2c1ccn2CC[C@@H]1CCN(CC(N)=O)C[C@H]1C(C)C. The lowest BCUT2D eigenvalue weighted by Crippen LogP contribution is -2.46. The summed E-state index contributed by atoms with van der Waals surface area (Å²) in [5, 5.41) is 0.988. The number of aryl methyl sites for hydroxylation is 1. The van der Waals surface area contributed by atoms with E-state index < -0.39 is 0 Å². The van der Waals surface area contributed by atoms with Gasteiger partial charge in [-0.15, -0.1) is 0 Å². The van der Waals surface area contributed by atoms with Crippen molar-refractivity contribution in [2.24, 2.45) is 23.5 Å². The maximum Gasteiger partial charge on any atom is 0.231 e. The summed E-state index contributed by atoms with van der Waals surface area (Å²) >= 11 is 2.13. The third kappa shape index (κ3) is 6.16. The number of likely N-dealkylation sites (tertiary alicyclic amines) is 1. The Bertz CT molecular complexity index is 1200. The van der Waals surface area contributed by atoms with Crippen LogP contribution in [0.3, 0.4) is 0 Å². The van der Waals surface area contributed by atoms with E-state index in [4.69, 9.17) is 5.73 Å². The molecular weight excluding hydrogens is 570 g/mol. The number of carbonyl (C=O) groups is 1. The fourth-order valence-electron chi connectivity index (χ4n) is 5.50. The highest BCUT2D eigenvalue weighted by atomic mass is 127. The minimum atomic E-state index is -0.254. The minimum Gasteiger partial charge on any atom is -0.369 e. The molecule has 1 aromatic carbocycles. The summed E-state index contributed by atoms with van der Waals surface area (Å²) in [6.07, 6.45) is 5.83. The van der Waals surface area contributed by atoms with Crippen molar-refractivity contribution >= 4 is 45.3 Å². The van der Waals surface area contributed by atoms with Gasteiger partial charge in [0, 0.05) is 41.5 Å². The second-order valence-corrected chi connectivity index (χ2v) is 11.4. The zero-order valence-electron chi connectivity index (χ0n) is 21.3. The number of anilines is 1. The quantitative estimate of drug-likeness (QED) is 0.340. The number of nitrogens with zero attached hydrogens (tertiary/aromatic N) is 5. The van der Waals surface area contributed by atoms with Crippen molar-refractivity contribution in [3.05, 3.63) is 51.7 Å². The van der Waals surface area contributed by atoms with E-state index in [-0.39, 0.29) is 11.7 Å². The van der Waals surface area contributed by atoms with Crippen LogP contribution < -0.4 is 10.6 Å². The Balaban J connectivity index is 1.49. The van der Waals surface area contributed by atoms with E-state index in [1.807, 2.05) is 12.1 Å². The van der Waals surface area contributed by atoms with Crippen LogP contribution in [0, 0.1) is 27.1 Å². The van der Waals surface area contributed by atoms with E-state index in [2.05, 4.69) is 80.0 Å². The van der Waals surface area contributed by atoms with Crippen LogP contribution >= 0.6 is 22.6 Å². The molecule has 4 rings (SSSR count). The summed E-state index contributed by atoms with van der Waals surface area (Å²) in [5.41, 5.74) is 7.01. The fraction of sp³-hybridized carbons (Fsp3) is 0.519. The van der Waals surface area contributed by atoms with Gasteiger partial charge in [0.1, 0.15) is 23.6 Å². The van der Waals surface area contributed by atoms with Gasteiger partial charge in [-0.25, -0.2) is 14.4 Å². The Morgan fingerprint density at radius 2 is 2.11 bits per heavy atom. The molecule has 2 N–H and O–H groups in total. The van der Waals surface area contributed by atoms with Crippen LogP contribution in [0.25, 0.3) is 11.0 Å². The van der Waals surface area contributed by atoms with E-state index in [0.717, 1.165) is 52.9 Å². The van der Waals surface area contributed by atoms with Gasteiger partial charge in [-0.1, -0.05) is 19.9 Å². The van der Waals surface area contributed by atoms with E-state index >= 15 is 0 Å². The van der Waals surface area contributed by atoms with Gasteiger partial charge in [-0.3, -0.25) is 9.69 Å². The van der Waals surface area contributed by atoms with E-state index in [1.165, 1.54) is 0 Å².